The van der Waals surface area contributed by atoms with Crippen LogP contribution in [0.4, 0.5) is 5.69 Å². The molecule has 3 amide bonds. The predicted molar refractivity (Wildman–Crippen MR) is 144 cm³/mol. The zero-order valence-electron chi connectivity index (χ0n) is 21.2. The monoisotopic (exact) mass is 549 g/mol. The third-order valence-corrected chi connectivity index (χ3v) is 6.77. The van der Waals surface area contributed by atoms with Gasteiger partial charge in [0, 0.05) is 6.54 Å². The first kappa shape index (κ1) is 27.2. The summed E-state index contributed by atoms with van der Waals surface area (Å²) in [6, 6.07) is 16.5. The normalized spacial score (nSPS) is 11.4. The number of furan rings is 1. The first-order valence-electron chi connectivity index (χ1n) is 11.8. The number of nitrogen functional groups attached to an aromatic ring is 1. The van der Waals surface area contributed by atoms with Crippen molar-refractivity contribution in [2.75, 3.05) is 20.0 Å². The van der Waals surface area contributed by atoms with E-state index in [1.165, 1.54) is 25.4 Å². The lowest BCUT2D eigenvalue weighted by molar-refractivity contribution is -0.126. The van der Waals surface area contributed by atoms with Crippen LogP contribution in [0.3, 0.4) is 0 Å². The van der Waals surface area contributed by atoms with Gasteiger partial charge in [0.25, 0.3) is 11.8 Å². The molecule has 0 aliphatic heterocycles. The molecule has 0 fully saturated rings. The van der Waals surface area contributed by atoms with Crippen LogP contribution >= 0.6 is 11.5 Å². The van der Waals surface area contributed by atoms with Gasteiger partial charge >= 0.3 is 0 Å². The van der Waals surface area contributed by atoms with Crippen molar-refractivity contribution in [2.24, 2.45) is 5.73 Å². The van der Waals surface area contributed by atoms with E-state index in [4.69, 9.17) is 25.4 Å². The van der Waals surface area contributed by atoms with Gasteiger partial charge in [0.1, 0.15) is 16.7 Å². The fourth-order valence-electron chi connectivity index (χ4n) is 3.99. The smallest absolute Gasteiger partial charge is 0.270 e. The van der Waals surface area contributed by atoms with Crippen molar-refractivity contribution in [3.8, 4) is 11.5 Å². The number of hydrogen-bond donors (Lipinski definition) is 3. The van der Waals surface area contributed by atoms with Gasteiger partial charge < -0.3 is 35.6 Å². The Hall–Kier alpha value is -4.84. The second kappa shape index (κ2) is 12.1. The lowest BCUT2D eigenvalue weighted by atomic mass is 10.0. The Morgan fingerprint density at radius 3 is 2.41 bits per heavy atom. The Morgan fingerprint density at radius 1 is 1.05 bits per heavy atom. The Balaban J connectivity index is 1.80. The van der Waals surface area contributed by atoms with Crippen molar-refractivity contribution in [1.82, 2.24) is 14.6 Å². The minimum Gasteiger partial charge on any atom is -0.493 e. The molecule has 12 heteroatoms. The molecule has 0 saturated heterocycles. The third kappa shape index (κ3) is 6.02. The van der Waals surface area contributed by atoms with Crippen LogP contribution in [0.1, 0.15) is 43.1 Å². The molecule has 1 atom stereocenters. The highest BCUT2D eigenvalue weighted by molar-refractivity contribution is 7.09. The SMILES string of the molecule is COc1ccc([C@@H](C(=O)NCc2ccccc2)N(Cc2ccco2)C(=O)c2snc(C(N)=O)c2N)cc1OC. The van der Waals surface area contributed by atoms with E-state index in [2.05, 4.69) is 9.69 Å². The topological polar surface area (TPSA) is 163 Å². The number of aromatic nitrogens is 1. The maximum absolute atomic E-state index is 14.0. The number of nitrogens with two attached hydrogens (primary N) is 2. The van der Waals surface area contributed by atoms with Crippen molar-refractivity contribution in [2.45, 2.75) is 19.1 Å². The van der Waals surface area contributed by atoms with E-state index in [1.807, 2.05) is 30.3 Å². The highest BCUT2D eigenvalue weighted by Gasteiger charge is 2.36. The average molecular weight is 550 g/mol. The molecule has 0 aliphatic rings. The molecule has 4 aromatic rings. The molecule has 0 aliphatic carbocycles. The Labute approximate surface area is 228 Å². The molecular weight excluding hydrogens is 522 g/mol. The summed E-state index contributed by atoms with van der Waals surface area (Å²) >= 11 is 0.728. The van der Waals surface area contributed by atoms with Gasteiger partial charge in [0.05, 0.1) is 32.7 Å². The summed E-state index contributed by atoms with van der Waals surface area (Å²) in [5, 5.41) is 2.91. The summed E-state index contributed by atoms with van der Waals surface area (Å²) in [5.41, 5.74) is 12.4. The maximum atomic E-state index is 14.0. The number of nitrogens with zero attached hydrogens (tertiary/aromatic N) is 2. The van der Waals surface area contributed by atoms with Gasteiger partial charge in [-0.05, 0) is 46.9 Å². The highest BCUT2D eigenvalue weighted by Crippen LogP contribution is 2.35. The fourth-order valence-corrected chi connectivity index (χ4v) is 4.75. The molecule has 39 heavy (non-hydrogen) atoms. The number of amides is 3. The molecular formula is C27H27N5O6S. The number of hydrogen-bond acceptors (Lipinski definition) is 9. The summed E-state index contributed by atoms with van der Waals surface area (Å²) in [5.74, 6) is -0.728. The van der Waals surface area contributed by atoms with Crippen LogP contribution in [0.5, 0.6) is 11.5 Å². The number of methoxy groups -OCH3 is 2. The number of primary amides is 1. The van der Waals surface area contributed by atoms with Crippen LogP contribution in [0.25, 0.3) is 0 Å². The van der Waals surface area contributed by atoms with Gasteiger partial charge in [-0.15, -0.1) is 0 Å². The van der Waals surface area contributed by atoms with Gasteiger partial charge in [-0.25, -0.2) is 0 Å². The number of carbonyl (C=O) groups excluding carboxylic acids is 3. The van der Waals surface area contributed by atoms with Crippen LogP contribution in [0, 0.1) is 0 Å². The summed E-state index contributed by atoms with van der Waals surface area (Å²) < 4.78 is 20.3. The number of rotatable bonds is 11. The van der Waals surface area contributed by atoms with E-state index >= 15 is 0 Å². The molecule has 2 aromatic heterocycles. The molecule has 2 aromatic carbocycles. The quantitative estimate of drug-likeness (QED) is 0.257. The van der Waals surface area contributed by atoms with Crippen LogP contribution < -0.4 is 26.3 Å². The van der Waals surface area contributed by atoms with Crippen molar-refractivity contribution < 1.29 is 28.3 Å². The van der Waals surface area contributed by atoms with E-state index in [9.17, 15) is 14.4 Å². The lowest BCUT2D eigenvalue weighted by Crippen LogP contribution is -2.43. The second-order valence-corrected chi connectivity index (χ2v) is 9.14. The summed E-state index contributed by atoms with van der Waals surface area (Å²) in [7, 11) is 2.97. The largest absolute Gasteiger partial charge is 0.493 e. The third-order valence-electron chi connectivity index (χ3n) is 5.92. The van der Waals surface area contributed by atoms with Crippen molar-refractivity contribution >= 4 is 34.9 Å². The first-order chi connectivity index (χ1) is 18.8. The van der Waals surface area contributed by atoms with Gasteiger partial charge in [-0.1, -0.05) is 36.4 Å². The number of ether oxygens (including phenoxy) is 2. The molecule has 0 spiro atoms. The first-order valence-corrected chi connectivity index (χ1v) is 12.5. The number of benzene rings is 2. The molecule has 4 rings (SSSR count). The van der Waals surface area contributed by atoms with E-state index < -0.39 is 23.8 Å². The van der Waals surface area contributed by atoms with Gasteiger partial charge in [-0.2, -0.15) is 4.37 Å². The number of nitrogens with one attached hydrogen (secondary N) is 1. The van der Waals surface area contributed by atoms with Crippen molar-refractivity contribution in [3.05, 3.63) is 94.4 Å². The van der Waals surface area contributed by atoms with Crippen molar-refractivity contribution in [3.63, 3.8) is 0 Å². The Bertz CT molecular complexity index is 1450. The van der Waals surface area contributed by atoms with Gasteiger partial charge in [0.2, 0.25) is 5.91 Å². The molecule has 0 bridgehead atoms. The van der Waals surface area contributed by atoms with Gasteiger partial charge in [0.15, 0.2) is 17.2 Å². The summed E-state index contributed by atoms with van der Waals surface area (Å²) in [6.07, 6.45) is 1.46. The van der Waals surface area contributed by atoms with E-state index in [1.54, 1.807) is 30.3 Å². The molecule has 0 saturated carbocycles. The number of anilines is 1. The van der Waals surface area contributed by atoms with Crippen LogP contribution in [-0.4, -0.2) is 41.2 Å². The molecule has 2 heterocycles. The Kier molecular flexibility index (Phi) is 8.46. The molecule has 11 nitrogen and oxygen atoms in total. The summed E-state index contributed by atoms with van der Waals surface area (Å²) in [6.45, 7) is 0.133. The van der Waals surface area contributed by atoms with Crippen LogP contribution in [0.2, 0.25) is 0 Å². The van der Waals surface area contributed by atoms with E-state index in [0.717, 1.165) is 17.1 Å². The average Bonchev–Trinajstić information content (AvgIpc) is 3.61. The highest BCUT2D eigenvalue weighted by atomic mass is 32.1. The van der Waals surface area contributed by atoms with Crippen LogP contribution in [-0.2, 0) is 17.9 Å². The van der Waals surface area contributed by atoms with Crippen LogP contribution in [0.15, 0.2) is 71.3 Å². The molecule has 0 unspecified atom stereocenters. The molecule has 5 N–H and O–H groups in total. The van der Waals surface area contributed by atoms with Crippen molar-refractivity contribution in [1.29, 1.82) is 0 Å². The maximum Gasteiger partial charge on any atom is 0.270 e. The zero-order valence-corrected chi connectivity index (χ0v) is 22.1. The zero-order chi connectivity index (χ0) is 27.9. The minimum absolute atomic E-state index is 0.0308. The van der Waals surface area contributed by atoms with Gasteiger partial charge in [-0.3, -0.25) is 14.4 Å². The summed E-state index contributed by atoms with van der Waals surface area (Å²) in [4.78, 5) is 40.9. The fraction of sp³-hybridized carbons (Fsp3) is 0.185. The predicted octanol–water partition coefficient (Wildman–Crippen LogP) is 3.13. The van der Waals surface area contributed by atoms with E-state index in [-0.39, 0.29) is 29.3 Å². The van der Waals surface area contributed by atoms with E-state index in [0.29, 0.717) is 22.8 Å². The standard InChI is InChI=1S/C27H27N5O6S/c1-36-19-11-10-17(13-20(19)37-2)23(26(34)30-14-16-7-4-3-5-8-16)32(15-18-9-6-12-38-18)27(35)24-21(28)22(25(29)33)31-39-24/h3-13,23H,14-15,28H2,1-2H3,(H2,29,33)(H,30,34)/t23-/m0/s1. The molecule has 0 radical (unpaired) electrons. The second-order valence-electron chi connectivity index (χ2n) is 8.37. The Morgan fingerprint density at radius 2 is 1.79 bits per heavy atom. The lowest BCUT2D eigenvalue weighted by Gasteiger charge is -2.31. The molecule has 202 valence electrons. The number of carbonyl (C=O) groups is 3. The minimum atomic E-state index is -1.16.